The molecule has 0 saturated heterocycles. The Kier molecular flexibility index (Phi) is 5.46. The predicted molar refractivity (Wildman–Crippen MR) is 105 cm³/mol. The average molecular weight is 396 g/mol. The fourth-order valence-electron chi connectivity index (χ4n) is 2.57. The summed E-state index contributed by atoms with van der Waals surface area (Å²) in [6.07, 6.45) is 1.77. The summed E-state index contributed by atoms with van der Waals surface area (Å²) in [4.78, 5) is 18.9. The van der Waals surface area contributed by atoms with Gasteiger partial charge in [-0.05, 0) is 59.3 Å². The van der Waals surface area contributed by atoms with E-state index in [-0.39, 0.29) is 5.91 Å². The van der Waals surface area contributed by atoms with Crippen molar-refractivity contribution >= 4 is 39.0 Å². The Labute approximate surface area is 155 Å². The number of pyridine rings is 1. The fourth-order valence-corrected chi connectivity index (χ4v) is 3.04. The van der Waals surface area contributed by atoms with Gasteiger partial charge < -0.3 is 10.2 Å². The summed E-state index contributed by atoms with van der Waals surface area (Å²) in [5, 5.41) is 2.82. The molecular weight excluding hydrogens is 378 g/mol. The Bertz CT molecular complexity index is 850. The van der Waals surface area contributed by atoms with Crippen molar-refractivity contribution in [2.24, 2.45) is 0 Å². The number of amides is 1. The van der Waals surface area contributed by atoms with Crippen LogP contribution >= 0.6 is 15.9 Å². The second-order valence-corrected chi connectivity index (χ2v) is 6.27. The molecule has 1 aromatic heterocycles. The Balaban J connectivity index is 1.76. The largest absolute Gasteiger partial charge is 0.341 e. The molecule has 0 aliphatic heterocycles. The number of halogens is 1. The zero-order valence-corrected chi connectivity index (χ0v) is 15.4. The van der Waals surface area contributed by atoms with Crippen LogP contribution in [0.2, 0.25) is 0 Å². The quantitative estimate of drug-likeness (QED) is 0.640. The van der Waals surface area contributed by atoms with Crippen LogP contribution in [-0.4, -0.2) is 17.4 Å². The van der Waals surface area contributed by atoms with Crippen molar-refractivity contribution in [1.82, 2.24) is 4.98 Å². The summed E-state index contributed by atoms with van der Waals surface area (Å²) in [6, 6.07) is 21.2. The molecule has 1 heterocycles. The molecule has 0 radical (unpaired) electrons. The Morgan fingerprint density at radius 2 is 1.72 bits per heavy atom. The van der Waals surface area contributed by atoms with Crippen LogP contribution in [0.5, 0.6) is 0 Å². The topological polar surface area (TPSA) is 45.2 Å². The number of rotatable bonds is 5. The molecule has 0 fully saturated rings. The highest BCUT2D eigenvalue weighted by Gasteiger charge is 2.11. The molecular formula is C20H18BrN3O. The number of aromatic nitrogens is 1. The highest BCUT2D eigenvalue weighted by Crippen LogP contribution is 2.25. The van der Waals surface area contributed by atoms with Crippen LogP contribution < -0.4 is 10.2 Å². The van der Waals surface area contributed by atoms with E-state index in [9.17, 15) is 4.79 Å². The minimum Gasteiger partial charge on any atom is -0.341 e. The number of carbonyl (C=O) groups is 1. The SMILES string of the molecule is CCN(c1ccccc1)c1ccc(NC(=O)c2ccccc2Br)nc1. The van der Waals surface area contributed by atoms with Gasteiger partial charge in [-0.25, -0.2) is 4.98 Å². The molecule has 25 heavy (non-hydrogen) atoms. The van der Waals surface area contributed by atoms with Crippen LogP contribution in [0.4, 0.5) is 17.2 Å². The third-order valence-electron chi connectivity index (χ3n) is 3.80. The smallest absolute Gasteiger partial charge is 0.257 e. The van der Waals surface area contributed by atoms with Crippen LogP contribution in [0, 0.1) is 0 Å². The first kappa shape index (κ1) is 17.2. The molecule has 0 spiro atoms. The molecule has 0 unspecified atom stereocenters. The number of benzene rings is 2. The zero-order chi connectivity index (χ0) is 17.6. The fraction of sp³-hybridized carbons (Fsp3) is 0.100. The molecule has 0 atom stereocenters. The molecule has 2 aromatic carbocycles. The van der Waals surface area contributed by atoms with Crippen LogP contribution in [0.15, 0.2) is 77.4 Å². The van der Waals surface area contributed by atoms with Gasteiger partial charge in [0.2, 0.25) is 0 Å². The number of para-hydroxylation sites is 1. The van der Waals surface area contributed by atoms with E-state index in [1.807, 2.05) is 48.5 Å². The minimum absolute atomic E-state index is 0.192. The molecule has 1 amide bonds. The lowest BCUT2D eigenvalue weighted by atomic mass is 10.2. The molecule has 126 valence electrons. The number of carbonyl (C=O) groups excluding carboxylic acids is 1. The maximum atomic E-state index is 12.3. The monoisotopic (exact) mass is 395 g/mol. The third kappa shape index (κ3) is 4.06. The molecule has 3 rings (SSSR count). The van der Waals surface area contributed by atoms with Crippen molar-refractivity contribution in [1.29, 1.82) is 0 Å². The van der Waals surface area contributed by atoms with Crippen molar-refractivity contribution in [2.45, 2.75) is 6.92 Å². The summed E-state index contributed by atoms with van der Waals surface area (Å²) in [5.41, 5.74) is 2.66. The van der Waals surface area contributed by atoms with Gasteiger partial charge >= 0.3 is 0 Å². The van der Waals surface area contributed by atoms with E-state index in [1.54, 1.807) is 12.3 Å². The lowest BCUT2D eigenvalue weighted by Crippen LogP contribution is -2.17. The summed E-state index contributed by atoms with van der Waals surface area (Å²) < 4.78 is 0.755. The van der Waals surface area contributed by atoms with Crippen LogP contribution in [0.25, 0.3) is 0 Å². The van der Waals surface area contributed by atoms with Gasteiger partial charge in [0.05, 0.1) is 17.4 Å². The normalized spacial score (nSPS) is 10.3. The number of anilines is 3. The van der Waals surface area contributed by atoms with Gasteiger partial charge in [0.25, 0.3) is 5.91 Å². The van der Waals surface area contributed by atoms with Crippen LogP contribution in [0.3, 0.4) is 0 Å². The van der Waals surface area contributed by atoms with Crippen molar-refractivity contribution in [3.63, 3.8) is 0 Å². The summed E-state index contributed by atoms with van der Waals surface area (Å²) in [5.74, 6) is 0.330. The molecule has 0 bridgehead atoms. The van der Waals surface area contributed by atoms with E-state index < -0.39 is 0 Å². The number of nitrogens with one attached hydrogen (secondary N) is 1. The van der Waals surface area contributed by atoms with Crippen molar-refractivity contribution in [3.8, 4) is 0 Å². The maximum absolute atomic E-state index is 12.3. The molecule has 4 nitrogen and oxygen atoms in total. The minimum atomic E-state index is -0.192. The van der Waals surface area contributed by atoms with Crippen molar-refractivity contribution in [3.05, 3.63) is 83.0 Å². The Morgan fingerprint density at radius 3 is 2.36 bits per heavy atom. The molecule has 0 aliphatic rings. The van der Waals surface area contributed by atoms with E-state index in [1.165, 1.54) is 0 Å². The molecule has 0 saturated carbocycles. The lowest BCUT2D eigenvalue weighted by Gasteiger charge is -2.23. The number of hydrogen-bond donors (Lipinski definition) is 1. The first-order chi connectivity index (χ1) is 12.2. The number of nitrogens with zero attached hydrogens (tertiary/aromatic N) is 2. The molecule has 0 aliphatic carbocycles. The second kappa shape index (κ2) is 7.94. The van der Waals surface area contributed by atoms with Gasteiger partial charge in [-0.3, -0.25) is 4.79 Å². The highest BCUT2D eigenvalue weighted by atomic mass is 79.9. The van der Waals surface area contributed by atoms with Crippen LogP contribution in [-0.2, 0) is 0 Å². The van der Waals surface area contributed by atoms with Gasteiger partial charge in [0.15, 0.2) is 0 Å². The summed E-state index contributed by atoms with van der Waals surface area (Å²) >= 11 is 3.39. The molecule has 5 heteroatoms. The van der Waals surface area contributed by atoms with E-state index >= 15 is 0 Å². The maximum Gasteiger partial charge on any atom is 0.257 e. The Hall–Kier alpha value is -2.66. The van der Waals surface area contributed by atoms with Gasteiger partial charge in [-0.15, -0.1) is 0 Å². The van der Waals surface area contributed by atoms with Crippen LogP contribution in [0.1, 0.15) is 17.3 Å². The molecule has 1 N–H and O–H groups in total. The zero-order valence-electron chi connectivity index (χ0n) is 13.8. The van der Waals surface area contributed by atoms with Gasteiger partial charge in [0, 0.05) is 16.7 Å². The molecule has 3 aromatic rings. The van der Waals surface area contributed by atoms with Gasteiger partial charge in [0.1, 0.15) is 5.82 Å². The first-order valence-electron chi connectivity index (χ1n) is 8.03. The van der Waals surface area contributed by atoms with E-state index in [0.29, 0.717) is 11.4 Å². The van der Waals surface area contributed by atoms with Gasteiger partial charge in [-0.2, -0.15) is 0 Å². The highest BCUT2D eigenvalue weighted by molar-refractivity contribution is 9.10. The summed E-state index contributed by atoms with van der Waals surface area (Å²) in [7, 11) is 0. The van der Waals surface area contributed by atoms with E-state index in [2.05, 4.69) is 50.2 Å². The lowest BCUT2D eigenvalue weighted by molar-refractivity contribution is 0.102. The first-order valence-corrected chi connectivity index (χ1v) is 8.83. The predicted octanol–water partition coefficient (Wildman–Crippen LogP) is 5.25. The van der Waals surface area contributed by atoms with Crippen molar-refractivity contribution < 1.29 is 4.79 Å². The standard InChI is InChI=1S/C20H18BrN3O/c1-2-24(15-8-4-3-5-9-15)16-12-13-19(22-14-16)23-20(25)17-10-6-7-11-18(17)21/h3-14H,2H2,1H3,(H,22,23,25). The van der Waals surface area contributed by atoms with Gasteiger partial charge in [-0.1, -0.05) is 30.3 Å². The van der Waals surface area contributed by atoms with Crippen molar-refractivity contribution in [2.75, 3.05) is 16.8 Å². The third-order valence-corrected chi connectivity index (χ3v) is 4.50. The Morgan fingerprint density at radius 1 is 1.00 bits per heavy atom. The number of hydrogen-bond acceptors (Lipinski definition) is 3. The average Bonchev–Trinajstić information content (AvgIpc) is 2.65. The second-order valence-electron chi connectivity index (χ2n) is 5.42. The van der Waals surface area contributed by atoms with E-state index in [0.717, 1.165) is 22.4 Å². The summed E-state index contributed by atoms with van der Waals surface area (Å²) in [6.45, 7) is 2.92. The van der Waals surface area contributed by atoms with E-state index in [4.69, 9.17) is 0 Å².